The Bertz CT molecular complexity index is 410. The second kappa shape index (κ2) is 5.65. The van der Waals surface area contributed by atoms with Crippen LogP contribution in [0.1, 0.15) is 26.3 Å². The van der Waals surface area contributed by atoms with Gasteiger partial charge in [-0.05, 0) is 39.0 Å². The van der Waals surface area contributed by atoms with E-state index in [4.69, 9.17) is 4.74 Å². The Balaban J connectivity index is 2.87. The summed E-state index contributed by atoms with van der Waals surface area (Å²) < 4.78 is 5.65. The lowest BCUT2D eigenvalue weighted by Gasteiger charge is -2.20. The number of benzene rings is 1. The third-order valence-corrected chi connectivity index (χ3v) is 3.04. The van der Waals surface area contributed by atoms with E-state index in [9.17, 15) is 4.79 Å². The van der Waals surface area contributed by atoms with Crippen LogP contribution in [0.2, 0.25) is 0 Å². The Hall–Kier alpha value is -0.870. The van der Waals surface area contributed by atoms with E-state index in [1.807, 2.05) is 18.2 Å². The molecule has 1 N–H and O–H groups in total. The summed E-state index contributed by atoms with van der Waals surface area (Å²) >= 11 is 3.46. The predicted molar refractivity (Wildman–Crippen MR) is 73.3 cm³/mol. The fourth-order valence-electron chi connectivity index (χ4n) is 1.40. The molecule has 0 atom stereocenters. The Kier molecular flexibility index (Phi) is 4.71. The first-order chi connectivity index (χ1) is 7.84. The molecule has 1 aromatic carbocycles. The van der Waals surface area contributed by atoms with E-state index in [0.717, 1.165) is 10.2 Å². The molecule has 0 aliphatic carbocycles. The van der Waals surface area contributed by atoms with E-state index in [1.165, 1.54) is 12.7 Å². The molecule has 0 unspecified atom stereocenters. The molecule has 3 nitrogen and oxygen atoms in total. The van der Waals surface area contributed by atoms with Gasteiger partial charge in [0.2, 0.25) is 5.91 Å². The lowest BCUT2D eigenvalue weighted by atomic mass is 9.87. The van der Waals surface area contributed by atoms with Crippen LogP contribution in [0.4, 0.5) is 5.69 Å². The molecule has 0 spiro atoms. The average molecular weight is 300 g/mol. The lowest BCUT2D eigenvalue weighted by Crippen LogP contribution is -2.18. The smallest absolute Gasteiger partial charge is 0.250 e. The second-order valence-electron chi connectivity index (χ2n) is 4.93. The SMILES string of the molecule is COCC(=O)Nc1ccc(C(C)(C)C)cc1Br. The van der Waals surface area contributed by atoms with E-state index in [1.54, 1.807) is 0 Å². The van der Waals surface area contributed by atoms with Crippen molar-refractivity contribution >= 4 is 27.5 Å². The number of halogens is 1. The van der Waals surface area contributed by atoms with Gasteiger partial charge in [0.15, 0.2) is 0 Å². The maximum absolute atomic E-state index is 11.4. The van der Waals surface area contributed by atoms with Crippen molar-refractivity contribution in [2.75, 3.05) is 19.0 Å². The van der Waals surface area contributed by atoms with Crippen molar-refractivity contribution in [2.24, 2.45) is 0 Å². The maximum Gasteiger partial charge on any atom is 0.250 e. The highest BCUT2D eigenvalue weighted by atomic mass is 79.9. The number of ether oxygens (including phenoxy) is 1. The van der Waals surface area contributed by atoms with Crippen LogP contribution < -0.4 is 5.32 Å². The van der Waals surface area contributed by atoms with Gasteiger partial charge in [0.25, 0.3) is 0 Å². The maximum atomic E-state index is 11.4. The Morgan fingerprint density at radius 1 is 1.41 bits per heavy atom. The van der Waals surface area contributed by atoms with Gasteiger partial charge in [-0.25, -0.2) is 0 Å². The standard InChI is InChI=1S/C13H18BrNO2/c1-13(2,3)9-5-6-11(10(14)7-9)15-12(16)8-17-4/h5-7H,8H2,1-4H3,(H,15,16). The Morgan fingerprint density at radius 3 is 2.53 bits per heavy atom. The van der Waals surface area contributed by atoms with Gasteiger partial charge in [0, 0.05) is 11.6 Å². The van der Waals surface area contributed by atoms with Crippen molar-refractivity contribution < 1.29 is 9.53 Å². The van der Waals surface area contributed by atoms with Crippen LogP contribution in [0, 0.1) is 0 Å². The zero-order valence-corrected chi connectivity index (χ0v) is 12.2. The first kappa shape index (κ1) is 14.2. The summed E-state index contributed by atoms with van der Waals surface area (Å²) in [7, 11) is 1.50. The van der Waals surface area contributed by atoms with Crippen molar-refractivity contribution in [3.05, 3.63) is 28.2 Å². The molecular formula is C13H18BrNO2. The summed E-state index contributed by atoms with van der Waals surface area (Å²) in [6.07, 6.45) is 0. The second-order valence-corrected chi connectivity index (χ2v) is 5.78. The van der Waals surface area contributed by atoms with Gasteiger partial charge in [-0.2, -0.15) is 0 Å². The van der Waals surface area contributed by atoms with Crippen LogP contribution >= 0.6 is 15.9 Å². The van der Waals surface area contributed by atoms with E-state index < -0.39 is 0 Å². The van der Waals surface area contributed by atoms with Crippen LogP contribution in [0.5, 0.6) is 0 Å². The van der Waals surface area contributed by atoms with Gasteiger partial charge < -0.3 is 10.1 Å². The number of carbonyl (C=O) groups excluding carboxylic acids is 1. The van der Waals surface area contributed by atoms with Crippen molar-refractivity contribution in [1.29, 1.82) is 0 Å². The molecule has 0 aromatic heterocycles. The minimum absolute atomic E-state index is 0.0630. The van der Waals surface area contributed by atoms with Gasteiger partial charge in [-0.15, -0.1) is 0 Å². The van der Waals surface area contributed by atoms with E-state index >= 15 is 0 Å². The van der Waals surface area contributed by atoms with Crippen molar-refractivity contribution in [3.63, 3.8) is 0 Å². The molecular weight excluding hydrogens is 282 g/mol. The predicted octanol–water partition coefficient (Wildman–Crippen LogP) is 3.33. The third kappa shape index (κ3) is 4.13. The molecule has 1 amide bonds. The number of methoxy groups -OCH3 is 1. The highest BCUT2D eigenvalue weighted by Gasteiger charge is 2.15. The highest BCUT2D eigenvalue weighted by molar-refractivity contribution is 9.10. The van der Waals surface area contributed by atoms with Crippen molar-refractivity contribution in [2.45, 2.75) is 26.2 Å². The summed E-state index contributed by atoms with van der Waals surface area (Å²) in [5, 5.41) is 2.78. The number of nitrogens with one attached hydrogen (secondary N) is 1. The number of anilines is 1. The van der Waals surface area contributed by atoms with E-state index in [0.29, 0.717) is 0 Å². The van der Waals surface area contributed by atoms with Crippen LogP contribution in [0.15, 0.2) is 22.7 Å². The van der Waals surface area contributed by atoms with Crippen LogP contribution in [-0.4, -0.2) is 19.6 Å². The molecule has 0 heterocycles. The summed E-state index contributed by atoms with van der Waals surface area (Å²) in [6.45, 7) is 6.52. The molecule has 4 heteroatoms. The fourth-order valence-corrected chi connectivity index (χ4v) is 1.88. The molecule has 0 fully saturated rings. The van der Waals surface area contributed by atoms with Crippen molar-refractivity contribution in [1.82, 2.24) is 0 Å². The van der Waals surface area contributed by atoms with Crippen LogP contribution in [0.25, 0.3) is 0 Å². The zero-order chi connectivity index (χ0) is 13.1. The molecule has 94 valence electrons. The third-order valence-electron chi connectivity index (χ3n) is 2.38. The van der Waals surface area contributed by atoms with Gasteiger partial charge in [0.1, 0.15) is 6.61 Å². The summed E-state index contributed by atoms with van der Waals surface area (Å²) in [5.74, 6) is -0.156. The molecule has 0 saturated heterocycles. The van der Waals surface area contributed by atoms with Gasteiger partial charge in [-0.1, -0.05) is 26.8 Å². The average Bonchev–Trinajstić information content (AvgIpc) is 2.20. The summed E-state index contributed by atoms with van der Waals surface area (Å²) in [6, 6.07) is 5.95. The summed E-state index contributed by atoms with van der Waals surface area (Å²) in [5.41, 5.74) is 2.08. The molecule has 1 rings (SSSR count). The summed E-state index contributed by atoms with van der Waals surface area (Å²) in [4.78, 5) is 11.4. The van der Waals surface area contributed by atoms with E-state index in [-0.39, 0.29) is 17.9 Å². The number of carbonyl (C=O) groups is 1. The van der Waals surface area contributed by atoms with E-state index in [2.05, 4.69) is 42.0 Å². The number of hydrogen-bond donors (Lipinski definition) is 1. The first-order valence-corrected chi connectivity index (χ1v) is 6.22. The van der Waals surface area contributed by atoms with Crippen molar-refractivity contribution in [3.8, 4) is 0 Å². The molecule has 0 bridgehead atoms. The fraction of sp³-hybridized carbons (Fsp3) is 0.462. The number of amides is 1. The van der Waals surface area contributed by atoms with Crippen LogP contribution in [0.3, 0.4) is 0 Å². The molecule has 0 aliphatic rings. The molecule has 17 heavy (non-hydrogen) atoms. The zero-order valence-electron chi connectivity index (χ0n) is 10.6. The van der Waals surface area contributed by atoms with Gasteiger partial charge in [-0.3, -0.25) is 4.79 Å². The minimum atomic E-state index is -0.156. The quantitative estimate of drug-likeness (QED) is 0.930. The normalized spacial score (nSPS) is 11.4. The molecule has 0 aliphatic heterocycles. The Morgan fingerprint density at radius 2 is 2.06 bits per heavy atom. The minimum Gasteiger partial charge on any atom is -0.375 e. The molecule has 1 aromatic rings. The number of hydrogen-bond acceptors (Lipinski definition) is 2. The lowest BCUT2D eigenvalue weighted by molar-refractivity contribution is -0.119. The van der Waals surface area contributed by atoms with Gasteiger partial charge in [0.05, 0.1) is 5.69 Å². The molecule has 0 saturated carbocycles. The first-order valence-electron chi connectivity index (χ1n) is 5.43. The van der Waals surface area contributed by atoms with Crippen LogP contribution in [-0.2, 0) is 14.9 Å². The topological polar surface area (TPSA) is 38.3 Å². The largest absolute Gasteiger partial charge is 0.375 e. The highest BCUT2D eigenvalue weighted by Crippen LogP contribution is 2.29. The van der Waals surface area contributed by atoms with Gasteiger partial charge >= 0.3 is 0 Å². The molecule has 0 radical (unpaired) electrons. The number of rotatable bonds is 3. The Labute approximate surface area is 111 Å². The monoisotopic (exact) mass is 299 g/mol.